The second-order valence-electron chi connectivity index (χ2n) is 1.88. The number of rotatable bonds is 1. The van der Waals surface area contributed by atoms with Gasteiger partial charge in [-0.15, -0.1) is 0 Å². The van der Waals surface area contributed by atoms with Crippen molar-refractivity contribution in [3.05, 3.63) is 42.6 Å². The number of halogens is 2. The third kappa shape index (κ3) is 4.65. The van der Waals surface area contributed by atoms with E-state index in [4.69, 9.17) is 0 Å². The Hall–Kier alpha value is 0.253. The van der Waals surface area contributed by atoms with Gasteiger partial charge in [0.1, 0.15) is 5.82 Å². The van der Waals surface area contributed by atoms with Gasteiger partial charge in [0.25, 0.3) is 0 Å². The van der Waals surface area contributed by atoms with Crippen LogP contribution < -0.4 is 17.0 Å². The molecular weight excluding hydrogens is 260 g/mol. The molecule has 0 aliphatic heterocycles. The summed E-state index contributed by atoms with van der Waals surface area (Å²) in [5.74, 6) is -0.184. The van der Waals surface area contributed by atoms with Crippen LogP contribution in [0.1, 0.15) is 5.56 Å². The largest absolute Gasteiger partial charge is 1.00 e. The van der Waals surface area contributed by atoms with E-state index in [-0.39, 0.29) is 42.3 Å². The molecular formula is C8H8BrFZn-. The standard InChI is InChI=1S/C8H8F.BrH.Zn/c1-2-7-4-3-5-8(9)6-7;;/h3-6H,1-2H2;1H;/p-1. The molecule has 0 spiro atoms. The molecule has 0 N–H and O–H groups in total. The summed E-state index contributed by atoms with van der Waals surface area (Å²) in [5.41, 5.74) is 0.940. The van der Waals surface area contributed by atoms with Crippen LogP contribution in [-0.2, 0) is 25.9 Å². The third-order valence-corrected chi connectivity index (χ3v) is 1.18. The average Bonchev–Trinajstić information content (AvgIpc) is 1.88. The van der Waals surface area contributed by atoms with Crippen LogP contribution in [0.15, 0.2) is 24.3 Å². The van der Waals surface area contributed by atoms with E-state index in [0.717, 1.165) is 5.56 Å². The molecule has 0 aromatic heterocycles. The fraction of sp³-hybridized carbons (Fsp3) is 0.125. The first-order chi connectivity index (χ1) is 4.33. The molecule has 1 aromatic rings. The summed E-state index contributed by atoms with van der Waals surface area (Å²) >= 11 is 0. The van der Waals surface area contributed by atoms with Gasteiger partial charge < -0.3 is 17.0 Å². The second-order valence-corrected chi connectivity index (χ2v) is 1.88. The number of hydrogen-bond donors (Lipinski definition) is 0. The van der Waals surface area contributed by atoms with Crippen molar-refractivity contribution in [3.8, 4) is 0 Å². The molecule has 0 saturated carbocycles. The molecule has 0 bridgehead atoms. The van der Waals surface area contributed by atoms with Crippen LogP contribution in [0.2, 0.25) is 0 Å². The van der Waals surface area contributed by atoms with Crippen molar-refractivity contribution in [3.63, 3.8) is 0 Å². The Balaban J connectivity index is 0. The fourth-order valence-corrected chi connectivity index (χ4v) is 0.692. The maximum absolute atomic E-state index is 12.3. The van der Waals surface area contributed by atoms with Gasteiger partial charge in [0.05, 0.1) is 0 Å². The van der Waals surface area contributed by atoms with Gasteiger partial charge in [0.15, 0.2) is 0 Å². The maximum atomic E-state index is 12.3. The van der Waals surface area contributed by atoms with Gasteiger partial charge in [0, 0.05) is 19.5 Å². The molecule has 0 fully saturated rings. The van der Waals surface area contributed by atoms with Crippen molar-refractivity contribution >= 4 is 0 Å². The molecule has 1 rings (SSSR count). The molecule has 0 atom stereocenters. The van der Waals surface area contributed by atoms with Crippen LogP contribution in [-0.4, -0.2) is 0 Å². The van der Waals surface area contributed by atoms with Crippen LogP contribution >= 0.6 is 0 Å². The summed E-state index contributed by atoms with van der Waals surface area (Å²) < 4.78 is 12.3. The van der Waals surface area contributed by atoms with Crippen molar-refractivity contribution < 1.29 is 40.8 Å². The SMILES string of the molecule is [Br-].[CH2]Cc1cccc(F)c1.[Zn]. The molecule has 0 heterocycles. The average molecular weight is 268 g/mol. The van der Waals surface area contributed by atoms with E-state index in [0.29, 0.717) is 6.42 Å². The molecule has 0 aliphatic rings. The van der Waals surface area contributed by atoms with Gasteiger partial charge in [-0.25, -0.2) is 4.39 Å². The van der Waals surface area contributed by atoms with Gasteiger partial charge in [-0.2, -0.15) is 0 Å². The van der Waals surface area contributed by atoms with Gasteiger partial charge in [-0.3, -0.25) is 0 Å². The Kier molecular flexibility index (Phi) is 8.71. The minimum Gasteiger partial charge on any atom is -1.00 e. The van der Waals surface area contributed by atoms with E-state index >= 15 is 0 Å². The Morgan fingerprint density at radius 2 is 2.00 bits per heavy atom. The predicted octanol–water partition coefficient (Wildman–Crippen LogP) is -0.796. The Bertz CT molecular complexity index is 203. The summed E-state index contributed by atoms with van der Waals surface area (Å²) in [6.07, 6.45) is 0.651. The first-order valence-electron chi connectivity index (χ1n) is 2.86. The van der Waals surface area contributed by atoms with Gasteiger partial charge in [0.2, 0.25) is 0 Å². The molecule has 1 aromatic carbocycles. The zero-order chi connectivity index (χ0) is 6.69. The van der Waals surface area contributed by atoms with Gasteiger partial charge >= 0.3 is 0 Å². The molecule has 11 heavy (non-hydrogen) atoms. The van der Waals surface area contributed by atoms with Crippen molar-refractivity contribution in [1.82, 2.24) is 0 Å². The number of hydrogen-bond acceptors (Lipinski definition) is 0. The normalized spacial score (nSPS) is 7.82. The Morgan fingerprint density at radius 3 is 2.36 bits per heavy atom. The quantitative estimate of drug-likeness (QED) is 0.585. The Labute approximate surface area is 89.7 Å². The van der Waals surface area contributed by atoms with Crippen LogP contribution in [0.3, 0.4) is 0 Å². The van der Waals surface area contributed by atoms with E-state index in [1.54, 1.807) is 6.07 Å². The monoisotopic (exact) mass is 266 g/mol. The molecule has 3 heteroatoms. The van der Waals surface area contributed by atoms with Crippen LogP contribution in [0.4, 0.5) is 4.39 Å². The number of benzene rings is 1. The zero-order valence-corrected chi connectivity index (χ0v) is 10.7. The summed E-state index contributed by atoms with van der Waals surface area (Å²) in [6, 6.07) is 6.47. The minimum atomic E-state index is -0.184. The fourth-order valence-electron chi connectivity index (χ4n) is 0.692. The molecule has 0 saturated heterocycles. The topological polar surface area (TPSA) is 0 Å². The molecule has 0 unspecified atom stereocenters. The molecule has 57 valence electrons. The molecule has 1 radical (unpaired) electrons. The van der Waals surface area contributed by atoms with E-state index in [1.807, 2.05) is 6.07 Å². The maximum Gasteiger partial charge on any atom is 0.123 e. The molecule has 0 aliphatic carbocycles. The summed E-state index contributed by atoms with van der Waals surface area (Å²) in [7, 11) is 0. The second kappa shape index (κ2) is 6.93. The summed E-state index contributed by atoms with van der Waals surface area (Å²) in [4.78, 5) is 0. The first kappa shape index (κ1) is 13.8. The van der Waals surface area contributed by atoms with Gasteiger partial charge in [-0.1, -0.05) is 12.1 Å². The molecule has 0 amide bonds. The van der Waals surface area contributed by atoms with Gasteiger partial charge in [-0.05, 0) is 31.0 Å². The van der Waals surface area contributed by atoms with Crippen LogP contribution in [0.5, 0.6) is 0 Å². The summed E-state index contributed by atoms with van der Waals surface area (Å²) in [5, 5.41) is 0. The molecule has 0 nitrogen and oxygen atoms in total. The Morgan fingerprint density at radius 1 is 1.36 bits per heavy atom. The van der Waals surface area contributed by atoms with Crippen LogP contribution in [0.25, 0.3) is 0 Å². The smallest absolute Gasteiger partial charge is 0.123 e. The van der Waals surface area contributed by atoms with E-state index < -0.39 is 0 Å². The third-order valence-electron chi connectivity index (χ3n) is 1.18. The predicted molar refractivity (Wildman–Crippen MR) is 35.5 cm³/mol. The first-order valence-corrected chi connectivity index (χ1v) is 2.86. The van der Waals surface area contributed by atoms with E-state index in [9.17, 15) is 4.39 Å². The van der Waals surface area contributed by atoms with Crippen LogP contribution in [0, 0.1) is 12.7 Å². The van der Waals surface area contributed by atoms with E-state index in [1.165, 1.54) is 12.1 Å². The van der Waals surface area contributed by atoms with E-state index in [2.05, 4.69) is 6.92 Å². The summed E-state index contributed by atoms with van der Waals surface area (Å²) in [6.45, 7) is 3.63. The van der Waals surface area contributed by atoms with Crippen molar-refractivity contribution in [2.24, 2.45) is 0 Å². The minimum absolute atomic E-state index is 0. The zero-order valence-electron chi connectivity index (χ0n) is 6.19. The van der Waals surface area contributed by atoms with Crippen molar-refractivity contribution in [2.45, 2.75) is 6.42 Å². The van der Waals surface area contributed by atoms with Crippen molar-refractivity contribution in [2.75, 3.05) is 0 Å². The van der Waals surface area contributed by atoms with Crippen molar-refractivity contribution in [1.29, 1.82) is 0 Å².